The molecular formula is C14H20N2O3. The van der Waals surface area contributed by atoms with E-state index in [0.717, 1.165) is 31.6 Å². The monoisotopic (exact) mass is 264 g/mol. The van der Waals surface area contributed by atoms with Gasteiger partial charge in [0.15, 0.2) is 0 Å². The van der Waals surface area contributed by atoms with Gasteiger partial charge in [-0.2, -0.15) is 0 Å². The second-order valence-corrected chi connectivity index (χ2v) is 4.84. The van der Waals surface area contributed by atoms with Crippen LogP contribution in [0.2, 0.25) is 0 Å². The lowest BCUT2D eigenvalue weighted by Gasteiger charge is -2.33. The molecule has 0 aliphatic carbocycles. The highest BCUT2D eigenvalue weighted by molar-refractivity contribution is 5.93. The van der Waals surface area contributed by atoms with E-state index in [1.165, 1.54) is 6.07 Å². The number of carbonyl (C=O) groups is 1. The summed E-state index contributed by atoms with van der Waals surface area (Å²) < 4.78 is 5.73. The van der Waals surface area contributed by atoms with Crippen molar-refractivity contribution >= 4 is 5.91 Å². The minimum Gasteiger partial charge on any atom is -0.508 e. The van der Waals surface area contributed by atoms with Crippen LogP contribution in [0.4, 0.5) is 0 Å². The molecule has 1 unspecified atom stereocenters. The van der Waals surface area contributed by atoms with E-state index < -0.39 is 5.91 Å². The molecule has 0 aromatic heterocycles. The number of phenols is 1. The van der Waals surface area contributed by atoms with Crippen LogP contribution in [0.5, 0.6) is 5.75 Å². The fraction of sp³-hybridized carbons (Fsp3) is 0.500. The van der Waals surface area contributed by atoms with Gasteiger partial charge in [-0.3, -0.25) is 9.69 Å². The summed E-state index contributed by atoms with van der Waals surface area (Å²) in [5.41, 5.74) is 6.37. The third-order valence-electron chi connectivity index (χ3n) is 3.29. The van der Waals surface area contributed by atoms with E-state index in [9.17, 15) is 9.90 Å². The molecule has 104 valence electrons. The molecule has 1 aliphatic heterocycles. The average Bonchev–Trinajstić information content (AvgIpc) is 2.38. The van der Waals surface area contributed by atoms with Crippen molar-refractivity contribution in [3.05, 3.63) is 29.3 Å². The number of nitrogens with zero attached hydrogens (tertiary/aromatic N) is 1. The summed E-state index contributed by atoms with van der Waals surface area (Å²) in [6.45, 7) is 5.53. The van der Waals surface area contributed by atoms with Gasteiger partial charge in [0, 0.05) is 18.7 Å². The topological polar surface area (TPSA) is 75.8 Å². The van der Waals surface area contributed by atoms with Crippen LogP contribution in [0.15, 0.2) is 18.2 Å². The maximum atomic E-state index is 11.2. The zero-order valence-corrected chi connectivity index (χ0v) is 11.1. The van der Waals surface area contributed by atoms with Crippen LogP contribution >= 0.6 is 0 Å². The predicted molar refractivity (Wildman–Crippen MR) is 72.0 cm³/mol. The summed E-state index contributed by atoms with van der Waals surface area (Å²) in [6, 6.07) is 4.70. The minimum atomic E-state index is -0.543. The fourth-order valence-electron chi connectivity index (χ4n) is 2.39. The van der Waals surface area contributed by atoms with Crippen molar-refractivity contribution < 1.29 is 14.6 Å². The highest BCUT2D eigenvalue weighted by atomic mass is 16.5. The number of rotatable bonds is 4. The predicted octanol–water partition coefficient (Wildman–Crippen LogP) is 1.27. The van der Waals surface area contributed by atoms with Gasteiger partial charge in [0.05, 0.1) is 12.7 Å². The van der Waals surface area contributed by atoms with Crippen LogP contribution in [0, 0.1) is 0 Å². The number of ether oxygens (including phenoxy) is 1. The summed E-state index contributed by atoms with van der Waals surface area (Å²) >= 11 is 0. The Kier molecular flexibility index (Phi) is 4.39. The molecule has 1 fully saturated rings. The molecule has 1 amide bonds. The van der Waals surface area contributed by atoms with Gasteiger partial charge in [-0.15, -0.1) is 0 Å². The molecule has 0 spiro atoms. The van der Waals surface area contributed by atoms with Crippen molar-refractivity contribution in [1.29, 1.82) is 0 Å². The third kappa shape index (κ3) is 3.45. The molecule has 1 heterocycles. The second-order valence-electron chi connectivity index (χ2n) is 4.84. The molecule has 5 nitrogen and oxygen atoms in total. The van der Waals surface area contributed by atoms with Crippen molar-refractivity contribution in [2.24, 2.45) is 5.73 Å². The number of phenolic OH excluding ortho intramolecular Hbond substituents is 1. The Morgan fingerprint density at radius 3 is 3.00 bits per heavy atom. The Morgan fingerprint density at radius 1 is 1.53 bits per heavy atom. The fourth-order valence-corrected chi connectivity index (χ4v) is 2.39. The molecule has 3 N–H and O–H groups in total. The number of benzene rings is 1. The number of hydrogen-bond donors (Lipinski definition) is 2. The van der Waals surface area contributed by atoms with Crippen LogP contribution < -0.4 is 5.73 Å². The lowest BCUT2D eigenvalue weighted by atomic mass is 10.0. The van der Waals surface area contributed by atoms with Crippen molar-refractivity contribution in [3.63, 3.8) is 0 Å². The van der Waals surface area contributed by atoms with Gasteiger partial charge in [-0.25, -0.2) is 0 Å². The number of hydrogen-bond acceptors (Lipinski definition) is 4. The Morgan fingerprint density at radius 2 is 2.32 bits per heavy atom. The van der Waals surface area contributed by atoms with Crippen LogP contribution in [0.25, 0.3) is 0 Å². The lowest BCUT2D eigenvalue weighted by molar-refractivity contribution is -0.0299. The third-order valence-corrected chi connectivity index (χ3v) is 3.29. The first-order valence-corrected chi connectivity index (χ1v) is 6.58. The van der Waals surface area contributed by atoms with Crippen molar-refractivity contribution in [2.45, 2.75) is 19.4 Å². The molecule has 0 radical (unpaired) electrons. The molecule has 2 rings (SSSR count). The smallest absolute Gasteiger partial charge is 0.248 e. The highest BCUT2D eigenvalue weighted by Gasteiger charge is 2.22. The molecule has 1 aromatic carbocycles. The number of morpholine rings is 1. The molecule has 1 aliphatic rings. The average molecular weight is 264 g/mol. The largest absolute Gasteiger partial charge is 0.508 e. The van der Waals surface area contributed by atoms with Crippen LogP contribution in [-0.4, -0.2) is 42.2 Å². The summed E-state index contributed by atoms with van der Waals surface area (Å²) in [7, 11) is 0. The molecule has 1 aromatic rings. The van der Waals surface area contributed by atoms with E-state index >= 15 is 0 Å². The van der Waals surface area contributed by atoms with Crippen molar-refractivity contribution in [2.75, 3.05) is 26.2 Å². The van der Waals surface area contributed by atoms with Gasteiger partial charge in [0.2, 0.25) is 5.91 Å². The highest BCUT2D eigenvalue weighted by Crippen LogP contribution is 2.26. The van der Waals surface area contributed by atoms with Crippen LogP contribution in [0.1, 0.15) is 35.4 Å². The maximum absolute atomic E-state index is 11.2. The lowest BCUT2D eigenvalue weighted by Crippen LogP contribution is -2.38. The first-order valence-electron chi connectivity index (χ1n) is 6.58. The Labute approximate surface area is 113 Å². The standard InChI is InChI=1S/C14H20N2O3/c1-2-3-16-4-5-19-13(9-16)10-6-11(14(15)18)8-12(17)7-10/h6-8,13,17H,2-5,9H2,1H3,(H2,15,18). The van der Waals surface area contributed by atoms with Gasteiger partial charge < -0.3 is 15.6 Å². The first kappa shape index (κ1) is 13.8. The van der Waals surface area contributed by atoms with Gasteiger partial charge in [0.25, 0.3) is 0 Å². The van der Waals surface area contributed by atoms with E-state index in [1.54, 1.807) is 12.1 Å². The molecule has 1 atom stereocenters. The molecular weight excluding hydrogens is 244 g/mol. The van der Waals surface area contributed by atoms with Gasteiger partial charge in [0.1, 0.15) is 5.75 Å². The van der Waals surface area contributed by atoms with Crippen molar-refractivity contribution in [3.8, 4) is 5.75 Å². The number of amides is 1. The zero-order valence-electron chi connectivity index (χ0n) is 11.1. The molecule has 0 bridgehead atoms. The minimum absolute atomic E-state index is 0.0440. The van der Waals surface area contributed by atoms with E-state index in [1.807, 2.05) is 0 Å². The molecule has 19 heavy (non-hydrogen) atoms. The number of carbonyl (C=O) groups excluding carboxylic acids is 1. The molecule has 1 saturated heterocycles. The summed E-state index contributed by atoms with van der Waals surface area (Å²) in [4.78, 5) is 13.5. The Balaban J connectivity index is 2.18. The normalized spacial score (nSPS) is 20.4. The Hall–Kier alpha value is -1.59. The SMILES string of the molecule is CCCN1CCOC(c2cc(O)cc(C(N)=O)c2)C1. The quantitative estimate of drug-likeness (QED) is 0.858. The van der Waals surface area contributed by atoms with Gasteiger partial charge in [-0.05, 0) is 36.7 Å². The first-order chi connectivity index (χ1) is 9.10. The summed E-state index contributed by atoms with van der Waals surface area (Å²) in [5, 5.41) is 9.67. The number of nitrogens with two attached hydrogens (primary N) is 1. The van der Waals surface area contributed by atoms with E-state index in [-0.39, 0.29) is 11.9 Å². The number of aromatic hydroxyl groups is 1. The van der Waals surface area contributed by atoms with Crippen LogP contribution in [-0.2, 0) is 4.74 Å². The van der Waals surface area contributed by atoms with E-state index in [2.05, 4.69) is 11.8 Å². The summed E-state index contributed by atoms with van der Waals surface area (Å²) in [5.74, 6) is -0.499. The second kappa shape index (κ2) is 6.04. The summed E-state index contributed by atoms with van der Waals surface area (Å²) in [6.07, 6.45) is 0.977. The van der Waals surface area contributed by atoms with E-state index in [0.29, 0.717) is 12.2 Å². The van der Waals surface area contributed by atoms with Crippen molar-refractivity contribution in [1.82, 2.24) is 4.90 Å². The molecule has 0 saturated carbocycles. The van der Waals surface area contributed by atoms with Crippen LogP contribution in [0.3, 0.4) is 0 Å². The zero-order chi connectivity index (χ0) is 13.8. The van der Waals surface area contributed by atoms with E-state index in [4.69, 9.17) is 10.5 Å². The Bertz CT molecular complexity index is 460. The van der Waals surface area contributed by atoms with Gasteiger partial charge in [-0.1, -0.05) is 6.92 Å². The number of primary amides is 1. The molecule has 5 heteroatoms. The van der Waals surface area contributed by atoms with Gasteiger partial charge >= 0.3 is 0 Å². The maximum Gasteiger partial charge on any atom is 0.248 e.